The summed E-state index contributed by atoms with van der Waals surface area (Å²) in [5, 5.41) is 5.63. The molecule has 0 aliphatic carbocycles. The number of unbranched alkanes of at least 4 members (excludes halogenated alkanes) is 2. The first-order chi connectivity index (χ1) is 11.6. The average Bonchev–Trinajstić information content (AvgIpc) is 2.60. The lowest BCUT2D eigenvalue weighted by molar-refractivity contribution is 0.0952. The zero-order chi connectivity index (χ0) is 17.9. The summed E-state index contributed by atoms with van der Waals surface area (Å²) in [5.41, 5.74) is 1.38. The van der Waals surface area contributed by atoms with Crippen LogP contribution in [-0.4, -0.2) is 24.9 Å². The molecule has 0 unspecified atom stereocenters. The minimum Gasteiger partial charge on any atom is -0.352 e. The Labute approximate surface area is 144 Å². The van der Waals surface area contributed by atoms with Crippen molar-refractivity contribution in [1.29, 1.82) is 0 Å². The Balaban J connectivity index is 3.13. The first-order valence-corrected chi connectivity index (χ1v) is 8.26. The molecule has 0 radical (unpaired) electrons. The lowest BCUT2D eigenvalue weighted by atomic mass is 9.97. The topological polar surface area (TPSA) is 58.2 Å². The van der Waals surface area contributed by atoms with Crippen LogP contribution < -0.4 is 10.6 Å². The number of rotatable bonds is 8. The van der Waals surface area contributed by atoms with Gasteiger partial charge in [0.25, 0.3) is 11.8 Å². The van der Waals surface area contributed by atoms with Crippen molar-refractivity contribution in [2.24, 2.45) is 0 Å². The van der Waals surface area contributed by atoms with E-state index in [4.69, 9.17) is 12.8 Å². The molecule has 126 valence electrons. The van der Waals surface area contributed by atoms with Crippen LogP contribution in [0.4, 0.5) is 0 Å². The summed E-state index contributed by atoms with van der Waals surface area (Å²) in [5.74, 6) is 4.37. The van der Waals surface area contributed by atoms with Crippen LogP contribution in [0, 0.1) is 24.7 Å². The molecule has 0 aliphatic rings. The highest BCUT2D eigenvalue weighted by Gasteiger charge is 2.17. The summed E-state index contributed by atoms with van der Waals surface area (Å²) >= 11 is 0. The second kappa shape index (κ2) is 10.1. The molecule has 1 rings (SSSR count). The molecule has 0 aliphatic heterocycles. The number of benzene rings is 1. The normalized spacial score (nSPS) is 9.67. The standard InChI is InChI=1S/C20H24N2O2/c1-5-9-11-21-19(23)17-14-18(20(24)22-12-10-6-2)16(8-4)13-15(17)7-3/h3-4,13-14H,5-6,9-12H2,1-2H3,(H,21,23)(H,22,24). The van der Waals surface area contributed by atoms with Gasteiger partial charge in [-0.3, -0.25) is 9.59 Å². The van der Waals surface area contributed by atoms with Crippen molar-refractivity contribution < 1.29 is 9.59 Å². The minimum absolute atomic E-state index is 0.289. The number of carbonyl (C=O) groups is 2. The number of hydrogen-bond acceptors (Lipinski definition) is 2. The fourth-order valence-corrected chi connectivity index (χ4v) is 2.16. The molecule has 2 amide bonds. The van der Waals surface area contributed by atoms with Gasteiger partial charge in [-0.25, -0.2) is 0 Å². The van der Waals surface area contributed by atoms with Gasteiger partial charge in [0.2, 0.25) is 0 Å². The van der Waals surface area contributed by atoms with E-state index in [0.717, 1.165) is 25.7 Å². The fourth-order valence-electron chi connectivity index (χ4n) is 2.16. The van der Waals surface area contributed by atoms with Crippen molar-refractivity contribution >= 4 is 11.8 Å². The van der Waals surface area contributed by atoms with Gasteiger partial charge >= 0.3 is 0 Å². The molecule has 0 atom stereocenters. The number of terminal acetylenes is 2. The summed E-state index contributed by atoms with van der Waals surface area (Å²) in [4.78, 5) is 24.7. The maximum absolute atomic E-state index is 12.3. The quantitative estimate of drug-likeness (QED) is 0.570. The Kier molecular flexibility index (Phi) is 8.16. The van der Waals surface area contributed by atoms with Crippen molar-refractivity contribution in [3.05, 3.63) is 34.4 Å². The second-order valence-electron chi connectivity index (χ2n) is 5.45. The number of nitrogens with one attached hydrogen (secondary N) is 2. The Hall–Kier alpha value is -2.72. The van der Waals surface area contributed by atoms with Crippen LogP contribution in [0.1, 0.15) is 71.4 Å². The maximum Gasteiger partial charge on any atom is 0.252 e. The van der Waals surface area contributed by atoms with Crippen LogP contribution in [0.25, 0.3) is 0 Å². The van der Waals surface area contributed by atoms with Crippen LogP contribution in [-0.2, 0) is 0 Å². The van der Waals surface area contributed by atoms with Crippen molar-refractivity contribution in [2.75, 3.05) is 13.1 Å². The molecule has 0 fully saturated rings. The molecule has 2 N–H and O–H groups in total. The van der Waals surface area contributed by atoms with Gasteiger partial charge in [-0.05, 0) is 25.0 Å². The van der Waals surface area contributed by atoms with E-state index in [0.29, 0.717) is 35.3 Å². The Morgan fingerprint density at radius 3 is 1.62 bits per heavy atom. The Bertz CT molecular complexity index is 623. The van der Waals surface area contributed by atoms with Crippen molar-refractivity contribution in [1.82, 2.24) is 10.6 Å². The van der Waals surface area contributed by atoms with Gasteiger partial charge in [-0.2, -0.15) is 0 Å². The molecular formula is C20H24N2O2. The number of amides is 2. The lowest BCUT2D eigenvalue weighted by Gasteiger charge is -2.12. The van der Waals surface area contributed by atoms with E-state index in [1.54, 1.807) is 6.07 Å². The van der Waals surface area contributed by atoms with E-state index >= 15 is 0 Å². The predicted octanol–water partition coefficient (Wildman–Crippen LogP) is 2.71. The Morgan fingerprint density at radius 1 is 0.875 bits per heavy atom. The van der Waals surface area contributed by atoms with E-state index in [9.17, 15) is 9.59 Å². The van der Waals surface area contributed by atoms with Crippen LogP contribution in [0.2, 0.25) is 0 Å². The summed E-state index contributed by atoms with van der Waals surface area (Å²) in [6, 6.07) is 3.04. The highest BCUT2D eigenvalue weighted by molar-refractivity contribution is 6.03. The molecule has 1 aromatic rings. The monoisotopic (exact) mass is 324 g/mol. The smallest absolute Gasteiger partial charge is 0.252 e. The Morgan fingerprint density at radius 2 is 1.29 bits per heavy atom. The van der Waals surface area contributed by atoms with Gasteiger partial charge in [0.05, 0.1) is 11.1 Å². The first-order valence-electron chi connectivity index (χ1n) is 8.26. The third-order valence-electron chi connectivity index (χ3n) is 3.59. The van der Waals surface area contributed by atoms with E-state index in [-0.39, 0.29) is 11.8 Å². The summed E-state index contributed by atoms with van der Waals surface area (Å²) < 4.78 is 0. The minimum atomic E-state index is -0.289. The number of carbonyl (C=O) groups excluding carboxylic acids is 2. The van der Waals surface area contributed by atoms with E-state index in [1.807, 2.05) is 13.8 Å². The number of hydrogen-bond donors (Lipinski definition) is 2. The SMILES string of the molecule is C#Cc1cc(C#C)c(C(=O)NCCCC)cc1C(=O)NCCCC. The van der Waals surface area contributed by atoms with E-state index < -0.39 is 0 Å². The largest absolute Gasteiger partial charge is 0.352 e. The zero-order valence-electron chi connectivity index (χ0n) is 14.4. The van der Waals surface area contributed by atoms with E-state index in [1.165, 1.54) is 6.07 Å². The maximum atomic E-state index is 12.3. The second-order valence-corrected chi connectivity index (χ2v) is 5.45. The van der Waals surface area contributed by atoms with E-state index in [2.05, 4.69) is 22.5 Å². The van der Waals surface area contributed by atoms with Gasteiger partial charge < -0.3 is 10.6 Å². The molecule has 0 saturated heterocycles. The zero-order valence-corrected chi connectivity index (χ0v) is 14.4. The lowest BCUT2D eigenvalue weighted by Crippen LogP contribution is -2.28. The van der Waals surface area contributed by atoms with Crippen molar-refractivity contribution in [2.45, 2.75) is 39.5 Å². The summed E-state index contributed by atoms with van der Waals surface area (Å²) in [6.45, 7) is 5.21. The average molecular weight is 324 g/mol. The van der Waals surface area contributed by atoms with Gasteiger partial charge in [0.1, 0.15) is 0 Å². The molecule has 0 heterocycles. The highest BCUT2D eigenvalue weighted by Crippen LogP contribution is 2.17. The fraction of sp³-hybridized carbons (Fsp3) is 0.400. The third-order valence-corrected chi connectivity index (χ3v) is 3.59. The van der Waals surface area contributed by atoms with Gasteiger partial charge in [-0.1, -0.05) is 38.5 Å². The highest BCUT2D eigenvalue weighted by atomic mass is 16.2. The van der Waals surface area contributed by atoms with Crippen molar-refractivity contribution in [3.63, 3.8) is 0 Å². The molecular weight excluding hydrogens is 300 g/mol. The van der Waals surface area contributed by atoms with Crippen LogP contribution in [0.3, 0.4) is 0 Å². The first kappa shape index (κ1) is 19.3. The molecule has 24 heavy (non-hydrogen) atoms. The molecule has 1 aromatic carbocycles. The molecule has 4 heteroatoms. The molecule has 0 aromatic heterocycles. The van der Waals surface area contributed by atoms with Crippen molar-refractivity contribution in [3.8, 4) is 24.7 Å². The summed E-state index contributed by atoms with van der Waals surface area (Å²) in [6.07, 6.45) is 14.7. The van der Waals surface area contributed by atoms with Gasteiger partial charge in [0.15, 0.2) is 0 Å². The van der Waals surface area contributed by atoms with Crippen LogP contribution in [0.15, 0.2) is 12.1 Å². The van der Waals surface area contributed by atoms with Gasteiger partial charge in [-0.15, -0.1) is 12.8 Å². The molecule has 0 spiro atoms. The molecule has 0 saturated carbocycles. The van der Waals surface area contributed by atoms with Gasteiger partial charge in [0, 0.05) is 24.2 Å². The molecule has 4 nitrogen and oxygen atoms in total. The molecule has 0 bridgehead atoms. The van der Waals surface area contributed by atoms with Crippen LogP contribution in [0.5, 0.6) is 0 Å². The predicted molar refractivity (Wildman–Crippen MR) is 96.8 cm³/mol. The third kappa shape index (κ3) is 5.18. The van der Waals surface area contributed by atoms with Crippen LogP contribution >= 0.6 is 0 Å². The summed E-state index contributed by atoms with van der Waals surface area (Å²) in [7, 11) is 0.